The van der Waals surface area contributed by atoms with Gasteiger partial charge in [-0.1, -0.05) is 20.8 Å². The second kappa shape index (κ2) is 3.40. The molecule has 1 aliphatic rings. The molecule has 0 saturated heterocycles. The zero-order valence-corrected chi connectivity index (χ0v) is 9.50. The predicted molar refractivity (Wildman–Crippen MR) is 57.8 cm³/mol. The van der Waals surface area contributed by atoms with Crippen LogP contribution in [0.4, 0.5) is 0 Å². The van der Waals surface area contributed by atoms with Gasteiger partial charge in [0.2, 0.25) is 0 Å². The zero-order chi connectivity index (χ0) is 11.1. The Labute approximate surface area is 89.9 Å². The molecule has 0 atom stereocenters. The van der Waals surface area contributed by atoms with E-state index in [1.54, 1.807) is 6.20 Å². The molecule has 0 unspecified atom stereocenters. The number of ketones is 1. The van der Waals surface area contributed by atoms with E-state index < -0.39 is 0 Å². The quantitative estimate of drug-likeness (QED) is 0.704. The molecule has 0 N–H and O–H groups in total. The van der Waals surface area contributed by atoms with Gasteiger partial charge in [0.05, 0.1) is 11.3 Å². The highest BCUT2D eigenvalue weighted by Crippen LogP contribution is 2.33. The third-order valence-electron chi connectivity index (χ3n) is 2.82. The number of aromatic nitrogens is 2. The van der Waals surface area contributed by atoms with Crippen LogP contribution in [0, 0.1) is 5.41 Å². The van der Waals surface area contributed by atoms with Gasteiger partial charge in [0.1, 0.15) is 5.82 Å². The van der Waals surface area contributed by atoms with Crippen molar-refractivity contribution in [2.45, 2.75) is 40.0 Å². The zero-order valence-electron chi connectivity index (χ0n) is 9.50. The van der Waals surface area contributed by atoms with Crippen molar-refractivity contribution in [2.75, 3.05) is 0 Å². The second-order valence-corrected chi connectivity index (χ2v) is 4.94. The highest BCUT2D eigenvalue weighted by molar-refractivity contribution is 5.98. The maximum Gasteiger partial charge on any atom is 0.166 e. The van der Waals surface area contributed by atoms with Crippen LogP contribution in [0.15, 0.2) is 6.20 Å². The van der Waals surface area contributed by atoms with Gasteiger partial charge in [0, 0.05) is 19.0 Å². The molecule has 0 spiro atoms. The minimum atomic E-state index is 0.0451. The standard InChI is InChI=1S/C12H16N2O/c1-4-11-13-7-8-9(14-11)5-12(2,3)6-10(8)15/h7H,4-6H2,1-3H3. The summed E-state index contributed by atoms with van der Waals surface area (Å²) in [6, 6.07) is 0. The first-order chi connectivity index (χ1) is 7.02. The molecule has 0 bridgehead atoms. The van der Waals surface area contributed by atoms with E-state index in [0.717, 1.165) is 29.9 Å². The number of Topliss-reactive ketones (excluding diaryl/α,β-unsaturated/α-hetero) is 1. The van der Waals surface area contributed by atoms with Crippen LogP contribution in [0.2, 0.25) is 0 Å². The molecule has 0 amide bonds. The molecule has 0 radical (unpaired) electrons. The Morgan fingerprint density at radius 2 is 2.13 bits per heavy atom. The van der Waals surface area contributed by atoms with Gasteiger partial charge in [-0.05, 0) is 11.8 Å². The number of rotatable bonds is 1. The van der Waals surface area contributed by atoms with E-state index in [1.165, 1.54) is 0 Å². The van der Waals surface area contributed by atoms with Gasteiger partial charge in [-0.25, -0.2) is 9.97 Å². The van der Waals surface area contributed by atoms with Crippen LogP contribution in [-0.4, -0.2) is 15.8 Å². The molecule has 1 aromatic rings. The summed E-state index contributed by atoms with van der Waals surface area (Å²) < 4.78 is 0. The van der Waals surface area contributed by atoms with Crippen molar-refractivity contribution in [3.63, 3.8) is 0 Å². The van der Waals surface area contributed by atoms with Gasteiger partial charge in [-0.2, -0.15) is 0 Å². The molecule has 80 valence electrons. The average molecular weight is 204 g/mol. The Balaban J connectivity index is 2.46. The van der Waals surface area contributed by atoms with E-state index in [4.69, 9.17) is 0 Å². The highest BCUT2D eigenvalue weighted by atomic mass is 16.1. The number of carbonyl (C=O) groups excluding carboxylic acids is 1. The highest BCUT2D eigenvalue weighted by Gasteiger charge is 2.32. The summed E-state index contributed by atoms with van der Waals surface area (Å²) in [5, 5.41) is 0. The number of hydrogen-bond donors (Lipinski definition) is 0. The molecule has 15 heavy (non-hydrogen) atoms. The van der Waals surface area contributed by atoms with Crippen molar-refractivity contribution < 1.29 is 4.79 Å². The lowest BCUT2D eigenvalue weighted by molar-refractivity contribution is 0.0909. The molecule has 1 aromatic heterocycles. The van der Waals surface area contributed by atoms with E-state index >= 15 is 0 Å². The molecule has 0 saturated carbocycles. The van der Waals surface area contributed by atoms with Gasteiger partial charge in [0.15, 0.2) is 5.78 Å². The van der Waals surface area contributed by atoms with Crippen molar-refractivity contribution in [3.05, 3.63) is 23.3 Å². The summed E-state index contributed by atoms with van der Waals surface area (Å²) in [6.07, 6.45) is 4.00. The maximum absolute atomic E-state index is 11.8. The van der Waals surface area contributed by atoms with Gasteiger partial charge in [-0.15, -0.1) is 0 Å². The van der Waals surface area contributed by atoms with Crippen LogP contribution in [0.5, 0.6) is 0 Å². The van der Waals surface area contributed by atoms with Crippen molar-refractivity contribution in [1.29, 1.82) is 0 Å². The number of hydrogen-bond acceptors (Lipinski definition) is 3. The summed E-state index contributed by atoms with van der Waals surface area (Å²) in [5.41, 5.74) is 1.71. The van der Waals surface area contributed by atoms with Crippen LogP contribution >= 0.6 is 0 Å². The van der Waals surface area contributed by atoms with Crippen molar-refractivity contribution in [1.82, 2.24) is 9.97 Å². The summed E-state index contributed by atoms with van der Waals surface area (Å²) in [5.74, 6) is 1.02. The summed E-state index contributed by atoms with van der Waals surface area (Å²) in [4.78, 5) is 20.4. The van der Waals surface area contributed by atoms with Crippen LogP contribution in [0.25, 0.3) is 0 Å². The molecular formula is C12H16N2O. The Bertz CT molecular complexity index is 410. The molecule has 0 fully saturated rings. The van der Waals surface area contributed by atoms with E-state index in [2.05, 4.69) is 23.8 Å². The smallest absolute Gasteiger partial charge is 0.166 e. The molecule has 1 heterocycles. The second-order valence-electron chi connectivity index (χ2n) is 4.94. The third kappa shape index (κ3) is 1.91. The molecule has 3 nitrogen and oxygen atoms in total. The maximum atomic E-state index is 11.8. The first kappa shape index (κ1) is 10.3. The van der Waals surface area contributed by atoms with E-state index in [0.29, 0.717) is 6.42 Å². The van der Waals surface area contributed by atoms with E-state index in [9.17, 15) is 4.79 Å². The topological polar surface area (TPSA) is 42.9 Å². The van der Waals surface area contributed by atoms with Crippen LogP contribution in [0.1, 0.15) is 49.1 Å². The van der Waals surface area contributed by atoms with Crippen molar-refractivity contribution in [2.24, 2.45) is 5.41 Å². The number of carbonyl (C=O) groups is 1. The summed E-state index contributed by atoms with van der Waals surface area (Å²) in [7, 11) is 0. The first-order valence-electron chi connectivity index (χ1n) is 5.40. The predicted octanol–water partition coefficient (Wildman–Crippen LogP) is 2.19. The van der Waals surface area contributed by atoms with Crippen LogP contribution < -0.4 is 0 Å². The summed E-state index contributed by atoms with van der Waals surface area (Å²) in [6.45, 7) is 6.25. The monoisotopic (exact) mass is 204 g/mol. The van der Waals surface area contributed by atoms with Crippen molar-refractivity contribution in [3.8, 4) is 0 Å². The third-order valence-corrected chi connectivity index (χ3v) is 2.82. The van der Waals surface area contributed by atoms with Crippen LogP contribution in [0.3, 0.4) is 0 Å². The molecule has 0 aliphatic heterocycles. The lowest BCUT2D eigenvalue weighted by atomic mass is 9.76. The first-order valence-corrected chi connectivity index (χ1v) is 5.40. The molecular weight excluding hydrogens is 188 g/mol. The van der Waals surface area contributed by atoms with Gasteiger partial charge < -0.3 is 0 Å². The van der Waals surface area contributed by atoms with Crippen LogP contribution in [-0.2, 0) is 12.8 Å². The molecule has 1 aliphatic carbocycles. The van der Waals surface area contributed by atoms with Crippen molar-refractivity contribution >= 4 is 5.78 Å². The fraction of sp³-hybridized carbons (Fsp3) is 0.583. The van der Waals surface area contributed by atoms with Gasteiger partial charge in [-0.3, -0.25) is 4.79 Å². The molecule has 3 heteroatoms. The lowest BCUT2D eigenvalue weighted by Gasteiger charge is -2.29. The Kier molecular flexibility index (Phi) is 2.33. The van der Waals surface area contributed by atoms with E-state index in [1.807, 2.05) is 6.92 Å². The Hall–Kier alpha value is -1.25. The Morgan fingerprint density at radius 1 is 1.40 bits per heavy atom. The average Bonchev–Trinajstić information content (AvgIpc) is 2.14. The van der Waals surface area contributed by atoms with Gasteiger partial charge in [0.25, 0.3) is 0 Å². The Morgan fingerprint density at radius 3 is 2.80 bits per heavy atom. The fourth-order valence-corrected chi connectivity index (χ4v) is 2.04. The van der Waals surface area contributed by atoms with E-state index in [-0.39, 0.29) is 11.2 Å². The minimum absolute atomic E-state index is 0.0451. The summed E-state index contributed by atoms with van der Waals surface area (Å²) >= 11 is 0. The molecule has 0 aromatic carbocycles. The number of aryl methyl sites for hydroxylation is 1. The fourth-order valence-electron chi connectivity index (χ4n) is 2.04. The number of nitrogens with zero attached hydrogens (tertiary/aromatic N) is 2. The lowest BCUT2D eigenvalue weighted by Crippen LogP contribution is -2.28. The van der Waals surface area contributed by atoms with Gasteiger partial charge >= 0.3 is 0 Å². The largest absolute Gasteiger partial charge is 0.294 e. The SMILES string of the molecule is CCc1ncc2c(n1)CC(C)(C)CC2=O. The molecule has 2 rings (SSSR count). The normalized spacial score (nSPS) is 18.7. The minimum Gasteiger partial charge on any atom is -0.294 e. The number of fused-ring (bicyclic) bond motifs is 1.